The Kier molecular flexibility index (Phi) is 6.31. The van der Waals surface area contributed by atoms with E-state index in [4.69, 9.17) is 14.2 Å². The van der Waals surface area contributed by atoms with Crippen LogP contribution in [0, 0.1) is 0 Å². The Labute approximate surface area is 120 Å². The van der Waals surface area contributed by atoms with Gasteiger partial charge in [0.25, 0.3) is 0 Å². The number of carbonyl (C=O) groups excluding carboxylic acids is 1. The Morgan fingerprint density at radius 3 is 2.10 bits per heavy atom. The molecule has 0 amide bonds. The van der Waals surface area contributed by atoms with E-state index in [1.807, 2.05) is 20.8 Å². The Morgan fingerprint density at radius 1 is 1.10 bits per heavy atom. The smallest absolute Gasteiger partial charge is 0.338 e. The van der Waals surface area contributed by atoms with Crippen molar-refractivity contribution in [1.29, 1.82) is 0 Å². The fraction of sp³-hybridized carbons (Fsp3) is 0.533. The van der Waals surface area contributed by atoms with E-state index in [1.165, 1.54) is 0 Å². The molecular formula is C15H23NO4. The van der Waals surface area contributed by atoms with E-state index in [0.29, 0.717) is 29.7 Å². The zero-order chi connectivity index (χ0) is 15.1. The van der Waals surface area contributed by atoms with Crippen LogP contribution in [-0.2, 0) is 4.74 Å². The zero-order valence-corrected chi connectivity index (χ0v) is 12.7. The highest BCUT2D eigenvalue weighted by Crippen LogP contribution is 2.22. The number of carbonyl (C=O) groups is 1. The number of nitrogens with one attached hydrogen (secondary N) is 1. The molecule has 0 aliphatic rings. The lowest BCUT2D eigenvalue weighted by molar-refractivity contribution is 0.0468. The van der Waals surface area contributed by atoms with Crippen LogP contribution in [0.1, 0.15) is 31.1 Å². The van der Waals surface area contributed by atoms with Gasteiger partial charge in [-0.15, -0.1) is 0 Å². The third-order valence-electron chi connectivity index (χ3n) is 2.67. The van der Waals surface area contributed by atoms with Crippen LogP contribution in [-0.4, -0.2) is 38.9 Å². The minimum atomic E-state index is -0.389. The van der Waals surface area contributed by atoms with Crippen LogP contribution in [0.15, 0.2) is 18.2 Å². The second-order valence-electron chi connectivity index (χ2n) is 4.92. The lowest BCUT2D eigenvalue weighted by atomic mass is 10.2. The molecule has 0 aliphatic carbocycles. The molecule has 1 aromatic rings. The number of methoxy groups -OCH3 is 2. The standard InChI is InChI=1S/C15H23NO4/c1-10(2)16-11(3)9-20-15(17)12-6-13(18-4)8-14(7-12)19-5/h6-8,10-11,16H,9H2,1-5H3. The SMILES string of the molecule is COc1cc(OC)cc(C(=O)OCC(C)NC(C)C)c1. The summed E-state index contributed by atoms with van der Waals surface area (Å²) in [6.07, 6.45) is 0. The first-order valence-corrected chi connectivity index (χ1v) is 6.62. The van der Waals surface area contributed by atoms with E-state index in [-0.39, 0.29) is 12.0 Å². The number of ether oxygens (including phenoxy) is 3. The Morgan fingerprint density at radius 2 is 1.65 bits per heavy atom. The van der Waals surface area contributed by atoms with Crippen molar-refractivity contribution in [2.45, 2.75) is 32.9 Å². The van der Waals surface area contributed by atoms with Gasteiger partial charge in [-0.3, -0.25) is 0 Å². The highest BCUT2D eigenvalue weighted by Gasteiger charge is 2.13. The van der Waals surface area contributed by atoms with E-state index in [1.54, 1.807) is 32.4 Å². The average molecular weight is 281 g/mol. The summed E-state index contributed by atoms with van der Waals surface area (Å²) in [5.74, 6) is 0.730. The van der Waals surface area contributed by atoms with Crippen molar-refractivity contribution < 1.29 is 19.0 Å². The summed E-state index contributed by atoms with van der Waals surface area (Å²) in [5.41, 5.74) is 0.415. The molecule has 0 bridgehead atoms. The van der Waals surface area contributed by atoms with E-state index >= 15 is 0 Å². The van der Waals surface area contributed by atoms with Gasteiger partial charge in [-0.05, 0) is 19.1 Å². The van der Waals surface area contributed by atoms with Crippen molar-refractivity contribution in [3.8, 4) is 11.5 Å². The lowest BCUT2D eigenvalue weighted by Gasteiger charge is -2.17. The fourth-order valence-electron chi connectivity index (χ4n) is 1.83. The normalized spacial score (nSPS) is 12.1. The quantitative estimate of drug-likeness (QED) is 0.777. The van der Waals surface area contributed by atoms with Gasteiger partial charge >= 0.3 is 5.97 Å². The summed E-state index contributed by atoms with van der Waals surface area (Å²) in [7, 11) is 3.08. The summed E-state index contributed by atoms with van der Waals surface area (Å²) in [6.45, 7) is 6.38. The van der Waals surface area contributed by atoms with Crippen molar-refractivity contribution in [2.75, 3.05) is 20.8 Å². The van der Waals surface area contributed by atoms with Crippen LogP contribution in [0.3, 0.4) is 0 Å². The first-order valence-electron chi connectivity index (χ1n) is 6.62. The number of benzene rings is 1. The molecule has 5 nitrogen and oxygen atoms in total. The van der Waals surface area contributed by atoms with Crippen LogP contribution in [0.5, 0.6) is 11.5 Å². The second kappa shape index (κ2) is 7.75. The monoisotopic (exact) mass is 281 g/mol. The van der Waals surface area contributed by atoms with Gasteiger partial charge in [0, 0.05) is 18.2 Å². The molecule has 0 radical (unpaired) electrons. The predicted molar refractivity (Wildman–Crippen MR) is 77.6 cm³/mol. The Hall–Kier alpha value is -1.75. The van der Waals surface area contributed by atoms with Crippen LogP contribution in [0.25, 0.3) is 0 Å². The van der Waals surface area contributed by atoms with Gasteiger partial charge in [0.05, 0.1) is 19.8 Å². The molecule has 0 spiro atoms. The van der Waals surface area contributed by atoms with Crippen molar-refractivity contribution in [3.63, 3.8) is 0 Å². The van der Waals surface area contributed by atoms with Crippen LogP contribution >= 0.6 is 0 Å². The summed E-state index contributed by atoms with van der Waals surface area (Å²) >= 11 is 0. The van der Waals surface area contributed by atoms with Crippen molar-refractivity contribution >= 4 is 5.97 Å². The molecule has 1 N–H and O–H groups in total. The van der Waals surface area contributed by atoms with Crippen molar-refractivity contribution in [2.24, 2.45) is 0 Å². The largest absolute Gasteiger partial charge is 0.497 e. The van der Waals surface area contributed by atoms with Gasteiger partial charge in [0.2, 0.25) is 0 Å². The number of rotatable bonds is 7. The molecule has 1 unspecified atom stereocenters. The van der Waals surface area contributed by atoms with E-state index in [9.17, 15) is 4.79 Å². The van der Waals surface area contributed by atoms with Crippen molar-refractivity contribution in [1.82, 2.24) is 5.32 Å². The third kappa shape index (κ3) is 5.09. The predicted octanol–water partition coefficient (Wildman–Crippen LogP) is 2.25. The maximum absolute atomic E-state index is 12.0. The number of hydrogen-bond donors (Lipinski definition) is 1. The second-order valence-corrected chi connectivity index (χ2v) is 4.92. The minimum Gasteiger partial charge on any atom is -0.497 e. The summed E-state index contributed by atoms with van der Waals surface area (Å²) in [5, 5.41) is 3.27. The summed E-state index contributed by atoms with van der Waals surface area (Å²) < 4.78 is 15.5. The first-order chi connectivity index (χ1) is 9.46. The molecule has 0 heterocycles. The molecule has 5 heteroatoms. The number of hydrogen-bond acceptors (Lipinski definition) is 5. The molecule has 1 atom stereocenters. The van der Waals surface area contributed by atoms with E-state index in [0.717, 1.165) is 0 Å². The maximum atomic E-state index is 12.0. The average Bonchev–Trinajstić information content (AvgIpc) is 2.43. The molecule has 1 rings (SSSR count). The Bertz CT molecular complexity index is 423. The topological polar surface area (TPSA) is 56.8 Å². The van der Waals surface area contributed by atoms with Gasteiger partial charge < -0.3 is 19.5 Å². The molecule has 0 saturated heterocycles. The van der Waals surface area contributed by atoms with Crippen LogP contribution in [0.4, 0.5) is 0 Å². The summed E-state index contributed by atoms with van der Waals surface area (Å²) in [6, 6.07) is 5.42. The van der Waals surface area contributed by atoms with Gasteiger partial charge in [0.1, 0.15) is 18.1 Å². The highest BCUT2D eigenvalue weighted by atomic mass is 16.5. The minimum absolute atomic E-state index is 0.103. The van der Waals surface area contributed by atoms with Gasteiger partial charge in [-0.25, -0.2) is 4.79 Å². The van der Waals surface area contributed by atoms with E-state index in [2.05, 4.69) is 5.32 Å². The molecule has 0 aromatic heterocycles. The molecule has 1 aromatic carbocycles. The fourth-order valence-corrected chi connectivity index (χ4v) is 1.83. The van der Waals surface area contributed by atoms with E-state index < -0.39 is 0 Å². The maximum Gasteiger partial charge on any atom is 0.338 e. The van der Waals surface area contributed by atoms with Gasteiger partial charge in [0.15, 0.2) is 0 Å². The summed E-state index contributed by atoms with van der Waals surface area (Å²) in [4.78, 5) is 12.0. The van der Waals surface area contributed by atoms with Gasteiger partial charge in [-0.1, -0.05) is 13.8 Å². The Balaban J connectivity index is 2.67. The first kappa shape index (κ1) is 16.3. The molecule has 20 heavy (non-hydrogen) atoms. The third-order valence-corrected chi connectivity index (χ3v) is 2.67. The lowest BCUT2D eigenvalue weighted by Crippen LogP contribution is -2.36. The highest BCUT2D eigenvalue weighted by molar-refractivity contribution is 5.90. The molecule has 0 aliphatic heterocycles. The van der Waals surface area contributed by atoms with Crippen LogP contribution < -0.4 is 14.8 Å². The molecule has 0 saturated carbocycles. The molecule has 112 valence electrons. The van der Waals surface area contributed by atoms with Crippen molar-refractivity contribution in [3.05, 3.63) is 23.8 Å². The van der Waals surface area contributed by atoms with Crippen LogP contribution in [0.2, 0.25) is 0 Å². The molecular weight excluding hydrogens is 258 g/mol. The number of esters is 1. The zero-order valence-electron chi connectivity index (χ0n) is 12.7. The molecule has 0 fully saturated rings. The van der Waals surface area contributed by atoms with Gasteiger partial charge in [-0.2, -0.15) is 0 Å².